The third-order valence-corrected chi connectivity index (χ3v) is 3.93. The molecule has 4 nitrogen and oxygen atoms in total. The molecule has 0 aromatic rings. The summed E-state index contributed by atoms with van der Waals surface area (Å²) >= 11 is 0. The van der Waals surface area contributed by atoms with Gasteiger partial charge in [-0.3, -0.25) is 4.79 Å². The second-order valence-electron chi connectivity index (χ2n) is 5.35. The Hall–Kier alpha value is -0.610. The average Bonchev–Trinajstić information content (AvgIpc) is 2.66. The number of nitrogens with two attached hydrogens (primary N) is 1. The number of hydrogen-bond acceptors (Lipinski definition) is 3. The molecule has 2 atom stereocenters. The lowest BCUT2D eigenvalue weighted by Gasteiger charge is -2.30. The zero-order valence-electron chi connectivity index (χ0n) is 9.74. The third-order valence-electron chi connectivity index (χ3n) is 3.93. The van der Waals surface area contributed by atoms with Crippen molar-refractivity contribution in [2.75, 3.05) is 0 Å². The highest BCUT2D eigenvalue weighted by atomic mass is 16.3. The van der Waals surface area contributed by atoms with Crippen molar-refractivity contribution < 1.29 is 9.90 Å². The SMILES string of the molecule is NC1(C(=O)NC2CCCC(O)C2)CCCC1. The fraction of sp³-hybridized carbons (Fsp3) is 0.917. The van der Waals surface area contributed by atoms with Crippen LogP contribution >= 0.6 is 0 Å². The van der Waals surface area contributed by atoms with Gasteiger partial charge in [-0.2, -0.15) is 0 Å². The van der Waals surface area contributed by atoms with Crippen molar-refractivity contribution in [3.63, 3.8) is 0 Å². The lowest BCUT2D eigenvalue weighted by molar-refractivity contribution is -0.127. The first kappa shape index (κ1) is 11.9. The maximum absolute atomic E-state index is 12.0. The van der Waals surface area contributed by atoms with Gasteiger partial charge in [0, 0.05) is 6.04 Å². The molecule has 4 N–H and O–H groups in total. The Morgan fingerprint density at radius 2 is 1.94 bits per heavy atom. The van der Waals surface area contributed by atoms with Gasteiger partial charge in [-0.05, 0) is 38.5 Å². The highest BCUT2D eigenvalue weighted by Crippen LogP contribution is 2.28. The minimum Gasteiger partial charge on any atom is -0.393 e. The Balaban J connectivity index is 1.86. The van der Waals surface area contributed by atoms with E-state index in [9.17, 15) is 9.90 Å². The van der Waals surface area contributed by atoms with Crippen molar-refractivity contribution in [2.45, 2.75) is 69.1 Å². The van der Waals surface area contributed by atoms with Gasteiger partial charge in [-0.25, -0.2) is 0 Å². The molecule has 16 heavy (non-hydrogen) atoms. The van der Waals surface area contributed by atoms with E-state index in [-0.39, 0.29) is 18.1 Å². The minimum absolute atomic E-state index is 0.0101. The molecule has 2 saturated carbocycles. The van der Waals surface area contributed by atoms with E-state index < -0.39 is 5.54 Å². The standard InChI is InChI=1S/C12H22N2O2/c13-12(6-1-2-7-12)11(16)14-9-4-3-5-10(15)8-9/h9-10,15H,1-8,13H2,(H,14,16). The van der Waals surface area contributed by atoms with E-state index in [1.807, 2.05) is 0 Å². The first-order valence-corrected chi connectivity index (χ1v) is 6.38. The molecule has 2 unspecified atom stereocenters. The van der Waals surface area contributed by atoms with Crippen LogP contribution in [0.5, 0.6) is 0 Å². The molecule has 0 bridgehead atoms. The molecule has 2 aliphatic rings. The van der Waals surface area contributed by atoms with Crippen LogP contribution in [0.3, 0.4) is 0 Å². The molecule has 4 heteroatoms. The Labute approximate surface area is 96.6 Å². The lowest BCUT2D eigenvalue weighted by atomic mass is 9.91. The van der Waals surface area contributed by atoms with Gasteiger partial charge < -0.3 is 16.2 Å². The number of hydrogen-bond donors (Lipinski definition) is 3. The molecule has 0 spiro atoms. The first-order valence-electron chi connectivity index (χ1n) is 6.38. The van der Waals surface area contributed by atoms with Gasteiger partial charge in [-0.1, -0.05) is 12.8 Å². The minimum atomic E-state index is -0.637. The summed E-state index contributed by atoms with van der Waals surface area (Å²) in [5.41, 5.74) is 5.44. The van der Waals surface area contributed by atoms with Gasteiger partial charge >= 0.3 is 0 Å². The van der Waals surface area contributed by atoms with Crippen molar-refractivity contribution >= 4 is 5.91 Å². The molecule has 2 fully saturated rings. The Morgan fingerprint density at radius 1 is 1.25 bits per heavy atom. The van der Waals surface area contributed by atoms with Gasteiger partial charge in [-0.15, -0.1) is 0 Å². The van der Waals surface area contributed by atoms with Crippen LogP contribution in [0.15, 0.2) is 0 Å². The summed E-state index contributed by atoms with van der Waals surface area (Å²) in [6, 6.07) is 0.122. The smallest absolute Gasteiger partial charge is 0.240 e. The lowest BCUT2D eigenvalue weighted by Crippen LogP contribution is -2.55. The molecule has 2 rings (SSSR count). The Kier molecular flexibility index (Phi) is 3.50. The highest BCUT2D eigenvalue weighted by Gasteiger charge is 2.38. The summed E-state index contributed by atoms with van der Waals surface area (Å²) in [6.07, 6.45) is 6.96. The van der Waals surface area contributed by atoms with Crippen LogP contribution in [-0.2, 0) is 4.79 Å². The van der Waals surface area contributed by atoms with Gasteiger partial charge in [0.1, 0.15) is 0 Å². The van der Waals surface area contributed by atoms with Crippen molar-refractivity contribution in [1.82, 2.24) is 5.32 Å². The summed E-state index contributed by atoms with van der Waals surface area (Å²) in [5, 5.41) is 12.5. The first-order chi connectivity index (χ1) is 7.60. The monoisotopic (exact) mass is 226 g/mol. The summed E-state index contributed by atoms with van der Waals surface area (Å²) in [5.74, 6) is -0.0101. The van der Waals surface area contributed by atoms with Gasteiger partial charge in [0.2, 0.25) is 5.91 Å². The number of aliphatic hydroxyl groups excluding tert-OH is 1. The Morgan fingerprint density at radius 3 is 2.56 bits per heavy atom. The van der Waals surface area contributed by atoms with Crippen LogP contribution in [0.2, 0.25) is 0 Å². The van der Waals surface area contributed by atoms with Crippen molar-refractivity contribution in [3.8, 4) is 0 Å². The maximum Gasteiger partial charge on any atom is 0.240 e. The molecule has 2 aliphatic carbocycles. The van der Waals surface area contributed by atoms with Crippen LogP contribution < -0.4 is 11.1 Å². The maximum atomic E-state index is 12.0. The van der Waals surface area contributed by atoms with E-state index in [2.05, 4.69) is 5.32 Å². The number of rotatable bonds is 2. The average molecular weight is 226 g/mol. The topological polar surface area (TPSA) is 75.4 Å². The predicted octanol–water partition coefficient (Wildman–Crippen LogP) is 0.678. The molecule has 0 aliphatic heterocycles. The van der Waals surface area contributed by atoms with E-state index in [1.165, 1.54) is 0 Å². The van der Waals surface area contributed by atoms with Crippen molar-refractivity contribution in [2.24, 2.45) is 5.73 Å². The second kappa shape index (κ2) is 4.72. The molecule has 0 heterocycles. The molecule has 0 saturated heterocycles. The summed E-state index contributed by atoms with van der Waals surface area (Å²) in [4.78, 5) is 12.0. The van der Waals surface area contributed by atoms with Gasteiger partial charge in [0.15, 0.2) is 0 Å². The van der Waals surface area contributed by atoms with Gasteiger partial charge in [0.25, 0.3) is 0 Å². The number of carbonyl (C=O) groups excluding carboxylic acids is 1. The number of aliphatic hydroxyl groups is 1. The van der Waals surface area contributed by atoms with E-state index in [1.54, 1.807) is 0 Å². The molecule has 92 valence electrons. The van der Waals surface area contributed by atoms with Crippen molar-refractivity contribution in [1.29, 1.82) is 0 Å². The van der Waals surface area contributed by atoms with E-state index in [0.717, 1.165) is 44.9 Å². The molecule has 0 aromatic heterocycles. The third kappa shape index (κ3) is 2.55. The highest BCUT2D eigenvalue weighted by molar-refractivity contribution is 5.86. The fourth-order valence-electron chi connectivity index (χ4n) is 2.86. The summed E-state index contributed by atoms with van der Waals surface area (Å²) in [7, 11) is 0. The van der Waals surface area contributed by atoms with Gasteiger partial charge in [0.05, 0.1) is 11.6 Å². The van der Waals surface area contributed by atoms with E-state index in [0.29, 0.717) is 6.42 Å². The largest absolute Gasteiger partial charge is 0.393 e. The molecule has 1 amide bonds. The zero-order chi connectivity index (χ0) is 11.6. The molecule has 0 radical (unpaired) electrons. The summed E-state index contributed by atoms with van der Waals surface area (Å²) < 4.78 is 0. The zero-order valence-corrected chi connectivity index (χ0v) is 9.74. The normalized spacial score (nSPS) is 33.6. The second-order valence-corrected chi connectivity index (χ2v) is 5.35. The molecular weight excluding hydrogens is 204 g/mol. The van der Waals surface area contributed by atoms with Crippen LogP contribution in [0.4, 0.5) is 0 Å². The number of carbonyl (C=O) groups is 1. The predicted molar refractivity (Wildman–Crippen MR) is 61.8 cm³/mol. The molecule has 0 aromatic carbocycles. The van der Waals surface area contributed by atoms with Crippen LogP contribution in [0.1, 0.15) is 51.4 Å². The Bertz CT molecular complexity index is 262. The fourth-order valence-corrected chi connectivity index (χ4v) is 2.86. The number of amides is 1. The molecular formula is C12H22N2O2. The quantitative estimate of drug-likeness (QED) is 0.648. The van der Waals surface area contributed by atoms with Crippen LogP contribution in [0, 0.1) is 0 Å². The summed E-state index contributed by atoms with van der Waals surface area (Å²) in [6.45, 7) is 0. The van der Waals surface area contributed by atoms with Crippen molar-refractivity contribution in [3.05, 3.63) is 0 Å². The van der Waals surface area contributed by atoms with E-state index in [4.69, 9.17) is 5.73 Å². The number of nitrogens with one attached hydrogen (secondary N) is 1. The van der Waals surface area contributed by atoms with E-state index >= 15 is 0 Å². The van der Waals surface area contributed by atoms with Crippen LogP contribution in [0.25, 0.3) is 0 Å². The van der Waals surface area contributed by atoms with Crippen LogP contribution in [-0.4, -0.2) is 28.7 Å².